The molecule has 15 nitrogen and oxygen atoms in total. The number of rotatable bonds is 9. The van der Waals surface area contributed by atoms with Gasteiger partial charge < -0.3 is 15.3 Å². The maximum atomic E-state index is 13.7. The third kappa shape index (κ3) is 7.35. The highest BCUT2D eigenvalue weighted by Crippen LogP contribution is 2.27. The molecule has 1 aliphatic carbocycles. The molecule has 1 aromatic carbocycles. The summed E-state index contributed by atoms with van der Waals surface area (Å²) in [5.74, 6) is -3.26. The van der Waals surface area contributed by atoms with Crippen LogP contribution in [0.3, 0.4) is 0 Å². The van der Waals surface area contributed by atoms with Crippen molar-refractivity contribution < 1.29 is 40.7 Å². The number of carbonyl (C=O) groups excluding carboxylic acids is 2. The Bertz CT molecular complexity index is 2070. The molecule has 260 valence electrons. The van der Waals surface area contributed by atoms with Crippen LogP contribution in [0.15, 0.2) is 47.4 Å². The van der Waals surface area contributed by atoms with Crippen LogP contribution in [0.5, 0.6) is 0 Å². The molecule has 4 aromatic rings. The normalized spacial score (nSPS) is 19.4. The maximum Gasteiger partial charge on any atom is 0.416 e. The Morgan fingerprint density at radius 1 is 1.10 bits per heavy atom. The molecular formula is C28H26ClF4N9O6S. The molecular weight excluding hydrogens is 702 g/mol. The minimum Gasteiger partial charge on any atom is -0.382 e. The average molecular weight is 728 g/mol. The quantitative estimate of drug-likeness (QED) is 0.236. The predicted octanol–water partition coefficient (Wildman–Crippen LogP) is 1.02. The van der Waals surface area contributed by atoms with Crippen molar-refractivity contribution in [3.8, 4) is 17.2 Å². The third-order valence-corrected chi connectivity index (χ3v) is 9.65. The summed E-state index contributed by atoms with van der Waals surface area (Å²) >= 11 is 5.95. The van der Waals surface area contributed by atoms with Crippen molar-refractivity contribution in [3.63, 3.8) is 0 Å². The lowest BCUT2D eigenvalue weighted by molar-refractivity contribution is -0.207. The van der Waals surface area contributed by atoms with Gasteiger partial charge in [0.05, 0.1) is 29.7 Å². The number of pyridine rings is 1. The highest BCUT2D eigenvalue weighted by molar-refractivity contribution is 7.91. The van der Waals surface area contributed by atoms with Gasteiger partial charge >= 0.3 is 11.9 Å². The van der Waals surface area contributed by atoms with Crippen LogP contribution in [0.25, 0.3) is 17.2 Å². The fraction of sp³-hybridized carbons (Fsp3) is 0.393. The van der Waals surface area contributed by atoms with Crippen LogP contribution in [0.1, 0.15) is 33.2 Å². The number of halogens is 5. The summed E-state index contributed by atoms with van der Waals surface area (Å²) in [6.07, 6.45) is -7.78. The molecule has 3 aromatic heterocycles. The van der Waals surface area contributed by atoms with Crippen molar-refractivity contribution in [2.45, 2.75) is 44.0 Å². The van der Waals surface area contributed by atoms with Gasteiger partial charge in [-0.3, -0.25) is 14.2 Å². The number of aliphatic hydroxyl groups excluding tert-OH is 1. The lowest BCUT2D eigenvalue weighted by Gasteiger charge is -2.26. The standard InChI is InChI=1S/C28H26ClF4N9O6S/c29-16-5-3-15(4-6-16)22-38-41(27(46)40(22)13-20(43)28(31,32)33)14-21-36-24(26(45)39-8-10-49(47,48)11-9-39)42(37-21)23-17(2-1-7-34-23)25(44)35-19-12-18(19)30/h1-7,18-20,43H,8-14H2,(H,35,44). The van der Waals surface area contributed by atoms with E-state index in [9.17, 15) is 45.5 Å². The van der Waals surface area contributed by atoms with Crippen LogP contribution in [-0.4, -0.2) is 113 Å². The molecule has 21 heteroatoms. The van der Waals surface area contributed by atoms with E-state index in [4.69, 9.17) is 11.6 Å². The van der Waals surface area contributed by atoms with Crippen molar-refractivity contribution >= 4 is 33.3 Å². The monoisotopic (exact) mass is 727 g/mol. The van der Waals surface area contributed by atoms with E-state index >= 15 is 0 Å². The highest BCUT2D eigenvalue weighted by atomic mass is 35.5. The summed E-state index contributed by atoms with van der Waals surface area (Å²) in [6.45, 7) is -2.14. The first kappa shape index (κ1) is 34.2. The first-order chi connectivity index (χ1) is 23.1. The number of carbonyl (C=O) groups is 2. The number of hydrogen-bond donors (Lipinski definition) is 2. The molecule has 3 atom stereocenters. The van der Waals surface area contributed by atoms with Crippen molar-refractivity contribution in [2.75, 3.05) is 24.6 Å². The van der Waals surface area contributed by atoms with Crippen LogP contribution in [0.2, 0.25) is 5.02 Å². The van der Waals surface area contributed by atoms with E-state index in [0.29, 0.717) is 9.59 Å². The number of sulfone groups is 1. The molecule has 1 saturated carbocycles. The second-order valence-corrected chi connectivity index (χ2v) is 14.1. The van der Waals surface area contributed by atoms with Crippen molar-refractivity contribution in [2.24, 2.45) is 0 Å². The van der Waals surface area contributed by atoms with Gasteiger partial charge in [-0.25, -0.2) is 32.3 Å². The Morgan fingerprint density at radius 3 is 2.41 bits per heavy atom. The molecule has 2 fully saturated rings. The maximum absolute atomic E-state index is 13.7. The molecule has 0 spiro atoms. The lowest BCUT2D eigenvalue weighted by atomic mass is 10.2. The number of amides is 2. The summed E-state index contributed by atoms with van der Waals surface area (Å²) in [5, 5.41) is 21.1. The molecule has 49 heavy (non-hydrogen) atoms. The number of nitrogens with one attached hydrogen (secondary N) is 1. The minimum atomic E-state index is -5.06. The van der Waals surface area contributed by atoms with E-state index in [0.717, 1.165) is 9.36 Å². The second-order valence-electron chi connectivity index (χ2n) is 11.4. The first-order valence-electron chi connectivity index (χ1n) is 14.7. The zero-order valence-corrected chi connectivity index (χ0v) is 26.7. The van der Waals surface area contributed by atoms with Gasteiger partial charge in [-0.1, -0.05) is 11.6 Å². The van der Waals surface area contributed by atoms with Crippen LogP contribution in [0, 0.1) is 0 Å². The third-order valence-electron chi connectivity index (χ3n) is 7.78. The summed E-state index contributed by atoms with van der Waals surface area (Å²) in [5.41, 5.74) is -0.998. The number of aromatic nitrogens is 7. The van der Waals surface area contributed by atoms with Gasteiger partial charge in [0.15, 0.2) is 33.4 Å². The summed E-state index contributed by atoms with van der Waals surface area (Å²) < 4.78 is 79.8. The van der Waals surface area contributed by atoms with Crippen LogP contribution in [-0.2, 0) is 22.9 Å². The van der Waals surface area contributed by atoms with Gasteiger partial charge in [0.1, 0.15) is 12.7 Å². The Balaban J connectivity index is 1.41. The number of benzene rings is 1. The molecule has 0 bridgehead atoms. The van der Waals surface area contributed by atoms with Gasteiger partial charge in [0, 0.05) is 36.3 Å². The van der Waals surface area contributed by atoms with Crippen molar-refractivity contribution in [3.05, 3.63) is 75.3 Å². The van der Waals surface area contributed by atoms with Gasteiger partial charge in [0.2, 0.25) is 5.82 Å². The smallest absolute Gasteiger partial charge is 0.382 e. The summed E-state index contributed by atoms with van der Waals surface area (Å²) in [6, 6.07) is 7.74. The molecule has 1 saturated heterocycles. The largest absolute Gasteiger partial charge is 0.416 e. The van der Waals surface area contributed by atoms with Crippen LogP contribution < -0.4 is 11.0 Å². The van der Waals surface area contributed by atoms with E-state index in [1.54, 1.807) is 0 Å². The zero-order chi connectivity index (χ0) is 35.2. The first-order valence-corrected chi connectivity index (χ1v) is 16.9. The van der Waals surface area contributed by atoms with Gasteiger partial charge in [-0.15, -0.1) is 10.2 Å². The van der Waals surface area contributed by atoms with E-state index in [1.165, 1.54) is 47.5 Å². The lowest BCUT2D eigenvalue weighted by Crippen LogP contribution is -2.44. The van der Waals surface area contributed by atoms with E-state index in [1.807, 2.05) is 0 Å². The molecule has 2 N–H and O–H groups in total. The molecule has 0 radical (unpaired) electrons. The van der Waals surface area contributed by atoms with Crippen molar-refractivity contribution in [1.29, 1.82) is 0 Å². The molecule has 6 rings (SSSR count). The van der Waals surface area contributed by atoms with E-state index < -0.39 is 70.7 Å². The van der Waals surface area contributed by atoms with Gasteiger partial charge in [0.25, 0.3) is 11.8 Å². The fourth-order valence-corrected chi connectivity index (χ4v) is 6.33. The number of alkyl halides is 4. The van der Waals surface area contributed by atoms with Gasteiger partial charge in [-0.2, -0.15) is 17.9 Å². The topological polar surface area (TPSA) is 187 Å². The van der Waals surface area contributed by atoms with Crippen molar-refractivity contribution in [1.82, 2.24) is 44.3 Å². The van der Waals surface area contributed by atoms with Crippen LogP contribution >= 0.6 is 11.6 Å². The van der Waals surface area contributed by atoms with E-state index in [-0.39, 0.29) is 59.6 Å². The zero-order valence-electron chi connectivity index (χ0n) is 25.1. The molecule has 1 aliphatic heterocycles. The van der Waals surface area contributed by atoms with E-state index in [2.05, 4.69) is 25.5 Å². The molecule has 2 amide bonds. The SMILES string of the molecule is O=C(NC1CC1F)c1cccnc1-n1nc(Cn2nc(-c3ccc(Cl)cc3)n(CC(O)C(F)(F)F)c2=O)nc1C(=O)N1CCS(=O)(=O)CC1. The molecule has 2 aliphatic rings. The number of nitrogens with zero attached hydrogens (tertiary/aromatic N) is 8. The van der Waals surface area contributed by atoms with Crippen LogP contribution in [0.4, 0.5) is 17.6 Å². The Hall–Kier alpha value is -4.69. The number of hydrogen-bond acceptors (Lipinski definition) is 10. The highest BCUT2D eigenvalue weighted by Gasteiger charge is 2.40. The predicted molar refractivity (Wildman–Crippen MR) is 163 cm³/mol. The second kappa shape index (κ2) is 13.0. The molecule has 4 heterocycles. The Labute approximate surface area is 279 Å². The molecule has 3 unspecified atom stereocenters. The Morgan fingerprint density at radius 2 is 1.78 bits per heavy atom. The fourth-order valence-electron chi connectivity index (χ4n) is 5.00. The Kier molecular flexibility index (Phi) is 9.05. The number of aliphatic hydroxyl groups is 1. The summed E-state index contributed by atoms with van der Waals surface area (Å²) in [4.78, 5) is 49.9. The summed E-state index contributed by atoms with van der Waals surface area (Å²) in [7, 11) is -3.38. The average Bonchev–Trinajstić information content (AvgIpc) is 3.44. The van der Waals surface area contributed by atoms with Gasteiger partial charge in [-0.05, 0) is 36.4 Å². The minimum absolute atomic E-state index is 0.110.